The van der Waals surface area contributed by atoms with Gasteiger partial charge in [0.2, 0.25) is 0 Å². The monoisotopic (exact) mass is 301 g/mol. The van der Waals surface area contributed by atoms with E-state index in [4.69, 9.17) is 0 Å². The molecule has 0 amide bonds. The van der Waals surface area contributed by atoms with Gasteiger partial charge in [0.05, 0.1) is 6.61 Å². The van der Waals surface area contributed by atoms with Gasteiger partial charge in [0.25, 0.3) is 0 Å². The van der Waals surface area contributed by atoms with E-state index in [2.05, 4.69) is 49.7 Å². The van der Waals surface area contributed by atoms with Crippen LogP contribution in [0.25, 0.3) is 0 Å². The van der Waals surface area contributed by atoms with E-state index in [-0.39, 0.29) is 12.1 Å². The van der Waals surface area contributed by atoms with Crippen LogP contribution in [0.2, 0.25) is 0 Å². The van der Waals surface area contributed by atoms with E-state index >= 15 is 0 Å². The van der Waals surface area contributed by atoms with Gasteiger partial charge >= 0.3 is 0 Å². The number of hydrogen-bond acceptors (Lipinski definition) is 4. The molecule has 0 fully saturated rings. The van der Waals surface area contributed by atoms with Gasteiger partial charge in [-0.1, -0.05) is 27.7 Å². The van der Waals surface area contributed by atoms with Crippen LogP contribution in [0.15, 0.2) is 0 Å². The molecule has 0 saturated heterocycles. The molecule has 0 aromatic carbocycles. The van der Waals surface area contributed by atoms with Crippen molar-refractivity contribution in [3.05, 3.63) is 0 Å². The minimum atomic E-state index is -0.116. The zero-order valence-corrected chi connectivity index (χ0v) is 15.1. The molecule has 0 bridgehead atoms. The second-order valence-corrected chi connectivity index (χ2v) is 6.17. The third-order valence-electron chi connectivity index (χ3n) is 4.45. The fourth-order valence-corrected chi connectivity index (χ4v) is 2.83. The van der Waals surface area contributed by atoms with Crippen molar-refractivity contribution in [3.8, 4) is 0 Å². The third-order valence-corrected chi connectivity index (χ3v) is 4.45. The third kappa shape index (κ3) is 9.46. The smallest absolute Gasteiger partial charge is 0.0610 e. The van der Waals surface area contributed by atoms with Crippen molar-refractivity contribution in [2.75, 3.05) is 52.4 Å². The van der Waals surface area contributed by atoms with Crippen LogP contribution in [0.4, 0.5) is 0 Å². The lowest BCUT2D eigenvalue weighted by Gasteiger charge is -2.30. The van der Waals surface area contributed by atoms with E-state index in [0.717, 1.165) is 45.6 Å². The lowest BCUT2D eigenvalue weighted by molar-refractivity contribution is 0.157. The predicted molar refractivity (Wildman–Crippen MR) is 92.9 cm³/mol. The molecule has 4 heteroatoms. The first kappa shape index (κ1) is 20.8. The molecule has 4 nitrogen and oxygen atoms in total. The molecule has 21 heavy (non-hydrogen) atoms. The van der Waals surface area contributed by atoms with Gasteiger partial charge < -0.3 is 20.2 Å². The van der Waals surface area contributed by atoms with E-state index < -0.39 is 0 Å². The van der Waals surface area contributed by atoms with Crippen LogP contribution in [0.1, 0.15) is 53.9 Å². The number of nitrogens with zero attached hydrogens (tertiary/aromatic N) is 2. The maximum Gasteiger partial charge on any atom is 0.0610 e. The Balaban J connectivity index is 3.93. The second kappa shape index (κ2) is 12.4. The molecule has 0 saturated carbocycles. The van der Waals surface area contributed by atoms with Crippen LogP contribution in [0.5, 0.6) is 0 Å². The van der Waals surface area contributed by atoms with Crippen molar-refractivity contribution in [1.82, 2.24) is 15.1 Å². The highest BCUT2D eigenvalue weighted by molar-refractivity contribution is 4.81. The van der Waals surface area contributed by atoms with E-state index in [1.807, 2.05) is 0 Å². The van der Waals surface area contributed by atoms with Crippen LogP contribution in [-0.2, 0) is 0 Å². The molecular weight excluding hydrogens is 262 g/mol. The number of nitrogens with one attached hydrogen (secondary N) is 1. The molecule has 1 unspecified atom stereocenters. The number of aliphatic hydroxyl groups excluding tert-OH is 1. The second-order valence-electron chi connectivity index (χ2n) is 6.17. The van der Waals surface area contributed by atoms with Crippen molar-refractivity contribution in [1.29, 1.82) is 0 Å². The zero-order valence-electron chi connectivity index (χ0n) is 15.1. The summed E-state index contributed by atoms with van der Waals surface area (Å²) in [4.78, 5) is 5.02. The Bertz CT molecular complexity index is 234. The van der Waals surface area contributed by atoms with Crippen molar-refractivity contribution in [2.24, 2.45) is 0 Å². The number of aliphatic hydroxyl groups is 1. The highest BCUT2D eigenvalue weighted by Gasteiger charge is 2.21. The first-order valence-electron chi connectivity index (χ1n) is 8.85. The number of hydrogen-bond donors (Lipinski definition) is 2. The van der Waals surface area contributed by atoms with Crippen molar-refractivity contribution < 1.29 is 5.11 Å². The lowest BCUT2D eigenvalue weighted by Crippen LogP contribution is -2.46. The quantitative estimate of drug-likeness (QED) is 0.516. The van der Waals surface area contributed by atoms with Gasteiger partial charge in [-0.25, -0.2) is 0 Å². The predicted octanol–water partition coefficient (Wildman–Crippen LogP) is 2.18. The molecule has 0 radical (unpaired) electrons. The SMILES string of the molecule is CCNC(C)(CO)CCCN(CC)CCCN(CC)CC. The van der Waals surface area contributed by atoms with Crippen LogP contribution >= 0.6 is 0 Å². The Hall–Kier alpha value is -0.160. The van der Waals surface area contributed by atoms with Gasteiger partial charge in [-0.2, -0.15) is 0 Å². The Morgan fingerprint density at radius 1 is 0.857 bits per heavy atom. The Morgan fingerprint density at radius 2 is 1.38 bits per heavy atom. The molecule has 0 aromatic heterocycles. The fraction of sp³-hybridized carbons (Fsp3) is 1.00. The molecule has 0 spiro atoms. The molecule has 0 heterocycles. The Labute approximate surface area is 132 Å². The lowest BCUT2D eigenvalue weighted by atomic mass is 9.96. The molecule has 0 aromatic rings. The molecular formula is C17H39N3O. The van der Waals surface area contributed by atoms with Crippen LogP contribution in [0.3, 0.4) is 0 Å². The molecule has 0 aliphatic rings. The van der Waals surface area contributed by atoms with E-state index in [9.17, 15) is 5.11 Å². The van der Waals surface area contributed by atoms with Gasteiger partial charge in [-0.05, 0) is 72.0 Å². The summed E-state index contributed by atoms with van der Waals surface area (Å²) in [6, 6.07) is 0. The highest BCUT2D eigenvalue weighted by atomic mass is 16.3. The normalized spacial score (nSPS) is 14.9. The minimum absolute atomic E-state index is 0.116. The molecule has 2 N–H and O–H groups in total. The van der Waals surface area contributed by atoms with Gasteiger partial charge in [0.1, 0.15) is 0 Å². The molecule has 0 rings (SSSR count). The summed E-state index contributed by atoms with van der Waals surface area (Å²) in [6.45, 7) is 19.0. The topological polar surface area (TPSA) is 38.7 Å². The highest BCUT2D eigenvalue weighted by Crippen LogP contribution is 2.12. The van der Waals surface area contributed by atoms with Crippen LogP contribution < -0.4 is 5.32 Å². The molecule has 1 atom stereocenters. The fourth-order valence-electron chi connectivity index (χ4n) is 2.83. The summed E-state index contributed by atoms with van der Waals surface area (Å²) in [5.74, 6) is 0. The van der Waals surface area contributed by atoms with Crippen LogP contribution in [0, 0.1) is 0 Å². The van der Waals surface area contributed by atoms with E-state index in [1.54, 1.807) is 0 Å². The largest absolute Gasteiger partial charge is 0.394 e. The number of likely N-dealkylation sites (N-methyl/N-ethyl adjacent to an activating group) is 1. The maximum atomic E-state index is 9.51. The molecule has 128 valence electrons. The maximum absolute atomic E-state index is 9.51. The first-order chi connectivity index (χ1) is 10.0. The summed E-state index contributed by atoms with van der Waals surface area (Å²) in [5, 5.41) is 12.9. The standard InChI is InChI=1S/C17H39N3O/c1-6-18-17(5,16-21)12-10-13-20(9-4)15-11-14-19(7-2)8-3/h18,21H,6-16H2,1-5H3. The Kier molecular flexibility index (Phi) is 12.3. The average molecular weight is 302 g/mol. The summed E-state index contributed by atoms with van der Waals surface area (Å²) < 4.78 is 0. The zero-order chi connectivity index (χ0) is 16.1. The van der Waals surface area contributed by atoms with Crippen LogP contribution in [-0.4, -0.2) is 72.9 Å². The van der Waals surface area contributed by atoms with Gasteiger partial charge in [0, 0.05) is 5.54 Å². The minimum Gasteiger partial charge on any atom is -0.394 e. The van der Waals surface area contributed by atoms with Crippen molar-refractivity contribution in [2.45, 2.75) is 59.4 Å². The van der Waals surface area contributed by atoms with Gasteiger partial charge in [-0.3, -0.25) is 0 Å². The molecule has 0 aliphatic heterocycles. The Morgan fingerprint density at radius 3 is 1.86 bits per heavy atom. The number of rotatable bonds is 14. The van der Waals surface area contributed by atoms with Crippen molar-refractivity contribution >= 4 is 0 Å². The molecule has 0 aliphatic carbocycles. The average Bonchev–Trinajstić information content (AvgIpc) is 2.50. The summed E-state index contributed by atoms with van der Waals surface area (Å²) in [6.07, 6.45) is 3.42. The van der Waals surface area contributed by atoms with E-state index in [1.165, 1.54) is 19.5 Å². The summed E-state index contributed by atoms with van der Waals surface area (Å²) in [5.41, 5.74) is -0.116. The summed E-state index contributed by atoms with van der Waals surface area (Å²) >= 11 is 0. The van der Waals surface area contributed by atoms with Gasteiger partial charge in [-0.15, -0.1) is 0 Å². The van der Waals surface area contributed by atoms with E-state index in [0.29, 0.717) is 0 Å². The van der Waals surface area contributed by atoms with Gasteiger partial charge in [0.15, 0.2) is 0 Å². The van der Waals surface area contributed by atoms with Crippen molar-refractivity contribution in [3.63, 3.8) is 0 Å². The first-order valence-corrected chi connectivity index (χ1v) is 8.85. The summed E-state index contributed by atoms with van der Waals surface area (Å²) in [7, 11) is 0.